The van der Waals surface area contributed by atoms with Gasteiger partial charge in [-0.1, -0.05) is 30.3 Å². The van der Waals surface area contributed by atoms with E-state index in [4.69, 9.17) is 9.72 Å². The van der Waals surface area contributed by atoms with Crippen molar-refractivity contribution in [3.05, 3.63) is 84.7 Å². The second-order valence-corrected chi connectivity index (χ2v) is 6.69. The Morgan fingerprint density at radius 3 is 2.45 bits per heavy atom. The minimum absolute atomic E-state index is 0.0409. The molecule has 0 saturated carbocycles. The summed E-state index contributed by atoms with van der Waals surface area (Å²) in [7, 11) is 0. The lowest BCUT2D eigenvalue weighted by atomic mass is 10.2. The first kappa shape index (κ1) is 18.7. The number of imidazole rings is 1. The van der Waals surface area contributed by atoms with Crippen molar-refractivity contribution in [1.82, 2.24) is 9.55 Å². The summed E-state index contributed by atoms with van der Waals surface area (Å²) in [5.41, 5.74) is 3.78. The Morgan fingerprint density at radius 2 is 1.69 bits per heavy atom. The van der Waals surface area contributed by atoms with Crippen molar-refractivity contribution in [2.24, 2.45) is 0 Å². The topological polar surface area (TPSA) is 56.1 Å². The van der Waals surface area contributed by atoms with Crippen molar-refractivity contribution in [2.45, 2.75) is 19.8 Å². The molecule has 5 nitrogen and oxygen atoms in total. The number of carbonyl (C=O) groups excluding carboxylic acids is 1. The molecule has 1 heterocycles. The third-order valence-electron chi connectivity index (χ3n) is 4.67. The Kier molecular flexibility index (Phi) is 5.56. The van der Waals surface area contributed by atoms with Crippen LogP contribution in [0.1, 0.15) is 19.2 Å². The predicted molar refractivity (Wildman–Crippen MR) is 116 cm³/mol. The van der Waals surface area contributed by atoms with Gasteiger partial charge in [0, 0.05) is 24.2 Å². The van der Waals surface area contributed by atoms with Crippen LogP contribution in [0.4, 0.5) is 5.69 Å². The summed E-state index contributed by atoms with van der Waals surface area (Å²) in [5, 5.41) is 2.94. The van der Waals surface area contributed by atoms with Crippen LogP contribution in [0.25, 0.3) is 16.7 Å². The van der Waals surface area contributed by atoms with Gasteiger partial charge in [0.1, 0.15) is 11.6 Å². The number of nitrogens with zero attached hydrogens (tertiary/aromatic N) is 2. The van der Waals surface area contributed by atoms with Crippen LogP contribution in [0.2, 0.25) is 0 Å². The summed E-state index contributed by atoms with van der Waals surface area (Å²) in [6.07, 6.45) is 0.899. The summed E-state index contributed by atoms with van der Waals surface area (Å²) in [4.78, 5) is 17.2. The van der Waals surface area contributed by atoms with Gasteiger partial charge in [0.2, 0.25) is 5.91 Å². The number of carbonyl (C=O) groups is 1. The number of hydrogen-bond acceptors (Lipinski definition) is 3. The summed E-state index contributed by atoms with van der Waals surface area (Å²) >= 11 is 0. The molecule has 0 atom stereocenters. The molecule has 0 radical (unpaired) electrons. The Labute approximate surface area is 170 Å². The Bertz CT molecular complexity index is 1100. The normalized spacial score (nSPS) is 10.8. The van der Waals surface area contributed by atoms with Crippen LogP contribution in [0.15, 0.2) is 78.9 Å². The van der Waals surface area contributed by atoms with Crippen molar-refractivity contribution in [2.75, 3.05) is 11.9 Å². The first-order valence-electron chi connectivity index (χ1n) is 9.79. The van der Waals surface area contributed by atoms with Crippen LogP contribution in [-0.4, -0.2) is 22.1 Å². The van der Waals surface area contributed by atoms with Crippen LogP contribution < -0.4 is 10.1 Å². The predicted octanol–water partition coefficient (Wildman–Crippen LogP) is 5.00. The van der Waals surface area contributed by atoms with E-state index in [2.05, 4.69) is 28.1 Å². The summed E-state index contributed by atoms with van der Waals surface area (Å²) in [5.74, 6) is 1.63. The number of fused-ring (bicyclic) bond motifs is 1. The number of ether oxygens (including phenoxy) is 1. The highest BCUT2D eigenvalue weighted by Gasteiger charge is 2.13. The maximum Gasteiger partial charge on any atom is 0.224 e. The zero-order valence-electron chi connectivity index (χ0n) is 16.3. The minimum atomic E-state index is -0.0409. The molecule has 4 rings (SSSR count). The largest absolute Gasteiger partial charge is 0.494 e. The first-order chi connectivity index (χ1) is 14.2. The number of para-hydroxylation sites is 3. The lowest BCUT2D eigenvalue weighted by Crippen LogP contribution is -2.13. The highest BCUT2D eigenvalue weighted by molar-refractivity contribution is 5.91. The molecule has 146 valence electrons. The van der Waals surface area contributed by atoms with Gasteiger partial charge in [-0.05, 0) is 55.5 Å². The summed E-state index contributed by atoms with van der Waals surface area (Å²) in [6.45, 7) is 2.56. The summed E-state index contributed by atoms with van der Waals surface area (Å²) < 4.78 is 7.56. The smallest absolute Gasteiger partial charge is 0.224 e. The first-order valence-corrected chi connectivity index (χ1v) is 9.79. The zero-order chi connectivity index (χ0) is 20.1. The molecule has 0 aliphatic rings. The molecule has 0 unspecified atom stereocenters. The molecular formula is C24H23N3O2. The fraction of sp³-hybridized carbons (Fsp3) is 0.167. The van der Waals surface area contributed by atoms with Gasteiger partial charge in [0.25, 0.3) is 0 Å². The number of amides is 1. The van der Waals surface area contributed by atoms with Crippen molar-refractivity contribution in [3.8, 4) is 11.4 Å². The van der Waals surface area contributed by atoms with Gasteiger partial charge in [-0.15, -0.1) is 0 Å². The monoisotopic (exact) mass is 385 g/mol. The van der Waals surface area contributed by atoms with Gasteiger partial charge >= 0.3 is 0 Å². The molecule has 4 aromatic rings. The van der Waals surface area contributed by atoms with E-state index in [0.717, 1.165) is 34.0 Å². The Morgan fingerprint density at radius 1 is 0.966 bits per heavy atom. The molecule has 0 saturated heterocycles. The molecule has 0 bridgehead atoms. The lowest BCUT2D eigenvalue weighted by molar-refractivity contribution is -0.116. The fourth-order valence-electron chi connectivity index (χ4n) is 3.36. The molecule has 0 aliphatic heterocycles. The molecule has 29 heavy (non-hydrogen) atoms. The van der Waals surface area contributed by atoms with E-state index in [1.165, 1.54) is 0 Å². The number of rotatable bonds is 7. The van der Waals surface area contributed by atoms with Crippen molar-refractivity contribution in [1.29, 1.82) is 0 Å². The van der Waals surface area contributed by atoms with Crippen LogP contribution >= 0.6 is 0 Å². The Hall–Kier alpha value is -3.60. The standard InChI is InChI=1S/C24H23N3O2/c1-2-29-20-14-12-18(13-15-20)25-24(28)17-16-23-26-21-10-6-7-11-22(21)27(23)19-8-4-3-5-9-19/h3-15H,2,16-17H2,1H3,(H,25,28). The van der Waals surface area contributed by atoms with Crippen molar-refractivity contribution in [3.63, 3.8) is 0 Å². The van der Waals surface area contributed by atoms with E-state index in [0.29, 0.717) is 19.4 Å². The average molecular weight is 385 g/mol. The van der Waals surface area contributed by atoms with Gasteiger partial charge in [-0.25, -0.2) is 4.98 Å². The van der Waals surface area contributed by atoms with Crippen LogP contribution in [0.3, 0.4) is 0 Å². The van der Waals surface area contributed by atoms with Crippen LogP contribution in [0, 0.1) is 0 Å². The van der Waals surface area contributed by atoms with E-state index in [-0.39, 0.29) is 5.91 Å². The highest BCUT2D eigenvalue weighted by atomic mass is 16.5. The van der Waals surface area contributed by atoms with E-state index >= 15 is 0 Å². The molecule has 1 aromatic heterocycles. The Balaban J connectivity index is 1.50. The van der Waals surface area contributed by atoms with E-state index < -0.39 is 0 Å². The second kappa shape index (κ2) is 8.61. The van der Waals surface area contributed by atoms with Crippen LogP contribution in [-0.2, 0) is 11.2 Å². The van der Waals surface area contributed by atoms with Crippen molar-refractivity contribution < 1.29 is 9.53 Å². The molecule has 1 N–H and O–H groups in total. The number of benzene rings is 3. The van der Waals surface area contributed by atoms with Gasteiger partial charge in [0.05, 0.1) is 17.6 Å². The van der Waals surface area contributed by atoms with Crippen molar-refractivity contribution >= 4 is 22.6 Å². The molecule has 0 spiro atoms. The van der Waals surface area contributed by atoms with Gasteiger partial charge in [0.15, 0.2) is 0 Å². The maximum atomic E-state index is 12.5. The average Bonchev–Trinajstić information content (AvgIpc) is 3.13. The van der Waals surface area contributed by atoms with Crippen LogP contribution in [0.5, 0.6) is 5.75 Å². The van der Waals surface area contributed by atoms with E-state index in [1.807, 2.05) is 67.6 Å². The fourth-order valence-corrected chi connectivity index (χ4v) is 3.36. The number of nitrogens with one attached hydrogen (secondary N) is 1. The molecule has 0 aliphatic carbocycles. The lowest BCUT2D eigenvalue weighted by Gasteiger charge is -2.10. The SMILES string of the molecule is CCOc1ccc(NC(=O)CCc2nc3ccccc3n2-c2ccccc2)cc1. The molecule has 5 heteroatoms. The molecule has 0 fully saturated rings. The van der Waals surface area contributed by atoms with Gasteiger partial charge in [-0.2, -0.15) is 0 Å². The second-order valence-electron chi connectivity index (χ2n) is 6.69. The van der Waals surface area contributed by atoms with Gasteiger partial charge in [-0.3, -0.25) is 9.36 Å². The number of hydrogen-bond donors (Lipinski definition) is 1. The number of aromatic nitrogens is 2. The number of anilines is 1. The molecular weight excluding hydrogens is 362 g/mol. The third kappa shape index (κ3) is 4.29. The van der Waals surface area contributed by atoms with E-state index in [1.54, 1.807) is 0 Å². The third-order valence-corrected chi connectivity index (χ3v) is 4.67. The number of aryl methyl sites for hydroxylation is 1. The minimum Gasteiger partial charge on any atom is -0.494 e. The highest BCUT2D eigenvalue weighted by Crippen LogP contribution is 2.22. The molecule has 3 aromatic carbocycles. The molecule has 1 amide bonds. The zero-order valence-corrected chi connectivity index (χ0v) is 16.3. The maximum absolute atomic E-state index is 12.5. The van der Waals surface area contributed by atoms with Gasteiger partial charge < -0.3 is 10.1 Å². The quantitative estimate of drug-likeness (QED) is 0.487. The van der Waals surface area contributed by atoms with E-state index in [9.17, 15) is 4.79 Å². The summed E-state index contributed by atoms with van der Waals surface area (Å²) in [6, 6.07) is 25.6.